The first-order chi connectivity index (χ1) is 11.0. The zero-order chi connectivity index (χ0) is 16.8. The third-order valence-corrected chi connectivity index (χ3v) is 3.27. The Morgan fingerprint density at radius 1 is 1.13 bits per heavy atom. The Bertz CT molecular complexity index is 704. The molecule has 120 valence electrons. The van der Waals surface area contributed by atoms with Crippen molar-refractivity contribution >= 4 is 17.5 Å². The molecule has 0 bridgehead atoms. The van der Waals surface area contributed by atoms with Crippen molar-refractivity contribution in [3.8, 4) is 0 Å². The van der Waals surface area contributed by atoms with Crippen molar-refractivity contribution in [2.45, 2.75) is 13.0 Å². The number of hydrogen-bond acceptors (Lipinski definition) is 3. The molecule has 0 heterocycles. The summed E-state index contributed by atoms with van der Waals surface area (Å²) in [5, 5.41) is 14.0. The molecule has 1 unspecified atom stereocenters. The molecule has 0 aliphatic heterocycles. The number of anilines is 1. The van der Waals surface area contributed by atoms with Crippen LogP contribution < -0.4 is 10.6 Å². The topological polar surface area (TPSA) is 78.4 Å². The summed E-state index contributed by atoms with van der Waals surface area (Å²) in [6, 6.07) is 12.3. The highest BCUT2D eigenvalue weighted by atomic mass is 19.1. The summed E-state index contributed by atoms with van der Waals surface area (Å²) in [6.45, 7) is 1.36. The Labute approximate surface area is 133 Å². The van der Waals surface area contributed by atoms with E-state index in [1.165, 1.54) is 12.1 Å². The van der Waals surface area contributed by atoms with E-state index in [0.717, 1.165) is 0 Å². The minimum atomic E-state index is -0.998. The average Bonchev–Trinajstić information content (AvgIpc) is 2.55. The van der Waals surface area contributed by atoms with Crippen molar-refractivity contribution in [2.75, 3.05) is 11.9 Å². The van der Waals surface area contributed by atoms with Crippen molar-refractivity contribution < 1.29 is 19.1 Å². The zero-order valence-corrected chi connectivity index (χ0v) is 12.5. The van der Waals surface area contributed by atoms with Crippen LogP contribution in [-0.2, 0) is 9.59 Å². The van der Waals surface area contributed by atoms with Crippen LogP contribution in [-0.4, -0.2) is 23.5 Å². The first kappa shape index (κ1) is 16.6. The van der Waals surface area contributed by atoms with E-state index in [2.05, 4.69) is 10.6 Å². The van der Waals surface area contributed by atoms with Gasteiger partial charge in [0.05, 0.1) is 18.3 Å². The lowest BCUT2D eigenvalue weighted by atomic mass is 10.1. The van der Waals surface area contributed by atoms with Gasteiger partial charge in [0.25, 0.3) is 0 Å². The highest BCUT2D eigenvalue weighted by Gasteiger charge is 2.20. The standard InChI is InChI=1S/C17H17FN2O3/c1-11-7-8-14(13(18)9-11)19-16(22)17(23)20-15(10-21)12-5-3-2-4-6-12/h2-9,15,21H,10H2,1H3,(H,19,22)(H,20,23). The monoisotopic (exact) mass is 316 g/mol. The van der Waals surface area contributed by atoms with Gasteiger partial charge in [0.15, 0.2) is 0 Å². The molecule has 0 spiro atoms. The summed E-state index contributed by atoms with van der Waals surface area (Å²) in [7, 11) is 0. The summed E-state index contributed by atoms with van der Waals surface area (Å²) in [5.41, 5.74) is 1.29. The highest BCUT2D eigenvalue weighted by Crippen LogP contribution is 2.15. The Kier molecular flexibility index (Phi) is 5.43. The van der Waals surface area contributed by atoms with Crippen LogP contribution in [0, 0.1) is 12.7 Å². The average molecular weight is 316 g/mol. The molecule has 0 radical (unpaired) electrons. The van der Waals surface area contributed by atoms with Gasteiger partial charge in [-0.15, -0.1) is 0 Å². The number of carbonyl (C=O) groups is 2. The number of amides is 2. The van der Waals surface area contributed by atoms with Gasteiger partial charge in [0.2, 0.25) is 0 Å². The van der Waals surface area contributed by atoms with Crippen LogP contribution in [0.25, 0.3) is 0 Å². The second-order valence-corrected chi connectivity index (χ2v) is 5.06. The first-order valence-electron chi connectivity index (χ1n) is 7.05. The van der Waals surface area contributed by atoms with E-state index in [4.69, 9.17) is 0 Å². The predicted octanol–water partition coefficient (Wildman–Crippen LogP) is 1.92. The molecule has 2 rings (SSSR count). The maximum Gasteiger partial charge on any atom is 0.313 e. The fourth-order valence-corrected chi connectivity index (χ4v) is 2.04. The molecular weight excluding hydrogens is 299 g/mol. The molecule has 0 saturated heterocycles. The molecule has 0 fully saturated rings. The molecule has 0 saturated carbocycles. The molecule has 0 aliphatic carbocycles. The summed E-state index contributed by atoms with van der Waals surface area (Å²) in [4.78, 5) is 23.8. The van der Waals surface area contributed by atoms with E-state index < -0.39 is 23.7 Å². The van der Waals surface area contributed by atoms with Gasteiger partial charge < -0.3 is 15.7 Å². The highest BCUT2D eigenvalue weighted by molar-refractivity contribution is 6.39. The SMILES string of the molecule is Cc1ccc(NC(=O)C(=O)NC(CO)c2ccccc2)c(F)c1. The van der Waals surface area contributed by atoms with E-state index in [-0.39, 0.29) is 12.3 Å². The van der Waals surface area contributed by atoms with Crippen LogP contribution in [0.15, 0.2) is 48.5 Å². The molecule has 6 heteroatoms. The van der Waals surface area contributed by atoms with Crippen LogP contribution in [0.4, 0.5) is 10.1 Å². The molecule has 3 N–H and O–H groups in total. The largest absolute Gasteiger partial charge is 0.394 e. The van der Waals surface area contributed by atoms with Crippen LogP contribution in [0.5, 0.6) is 0 Å². The summed E-state index contributed by atoms with van der Waals surface area (Å²) >= 11 is 0. The van der Waals surface area contributed by atoms with E-state index >= 15 is 0 Å². The fourth-order valence-electron chi connectivity index (χ4n) is 2.04. The minimum Gasteiger partial charge on any atom is -0.394 e. The van der Waals surface area contributed by atoms with Gasteiger partial charge in [-0.25, -0.2) is 4.39 Å². The number of nitrogens with one attached hydrogen (secondary N) is 2. The van der Waals surface area contributed by atoms with E-state index in [9.17, 15) is 19.1 Å². The number of benzene rings is 2. The molecule has 0 aromatic heterocycles. The van der Waals surface area contributed by atoms with Crippen molar-refractivity contribution in [1.82, 2.24) is 5.32 Å². The van der Waals surface area contributed by atoms with Crippen molar-refractivity contribution in [1.29, 1.82) is 0 Å². The number of aryl methyl sites for hydroxylation is 1. The molecule has 2 amide bonds. The number of rotatable bonds is 4. The fraction of sp³-hybridized carbons (Fsp3) is 0.176. The van der Waals surface area contributed by atoms with E-state index in [1.54, 1.807) is 43.3 Å². The third kappa shape index (κ3) is 4.37. The quantitative estimate of drug-likeness (QED) is 0.754. The summed E-state index contributed by atoms with van der Waals surface area (Å²) in [6.07, 6.45) is 0. The van der Waals surface area contributed by atoms with Crippen molar-refractivity contribution in [3.05, 3.63) is 65.5 Å². The second kappa shape index (κ2) is 7.51. The number of aliphatic hydroxyl groups excluding tert-OH is 1. The number of hydrogen-bond donors (Lipinski definition) is 3. The van der Waals surface area contributed by atoms with Gasteiger partial charge in [0, 0.05) is 0 Å². The molecule has 2 aromatic rings. The number of aliphatic hydroxyl groups is 1. The summed E-state index contributed by atoms with van der Waals surface area (Å²) < 4.78 is 13.7. The van der Waals surface area contributed by atoms with Crippen LogP contribution >= 0.6 is 0 Å². The van der Waals surface area contributed by atoms with Gasteiger partial charge in [-0.3, -0.25) is 9.59 Å². The van der Waals surface area contributed by atoms with Gasteiger partial charge in [0.1, 0.15) is 5.82 Å². The molecule has 2 aromatic carbocycles. The number of carbonyl (C=O) groups excluding carboxylic acids is 2. The van der Waals surface area contributed by atoms with Gasteiger partial charge in [-0.05, 0) is 30.2 Å². The van der Waals surface area contributed by atoms with Gasteiger partial charge in [-0.1, -0.05) is 36.4 Å². The zero-order valence-electron chi connectivity index (χ0n) is 12.5. The lowest BCUT2D eigenvalue weighted by molar-refractivity contribution is -0.136. The second-order valence-electron chi connectivity index (χ2n) is 5.06. The predicted molar refractivity (Wildman–Crippen MR) is 84.2 cm³/mol. The molecule has 23 heavy (non-hydrogen) atoms. The Hall–Kier alpha value is -2.73. The normalized spacial score (nSPS) is 11.6. The minimum absolute atomic E-state index is 0.0731. The van der Waals surface area contributed by atoms with Crippen LogP contribution in [0.2, 0.25) is 0 Å². The molecule has 1 atom stereocenters. The van der Waals surface area contributed by atoms with Crippen molar-refractivity contribution in [2.24, 2.45) is 0 Å². The van der Waals surface area contributed by atoms with Crippen molar-refractivity contribution in [3.63, 3.8) is 0 Å². The summed E-state index contributed by atoms with van der Waals surface area (Å²) in [5.74, 6) is -2.57. The maximum absolute atomic E-state index is 13.7. The third-order valence-electron chi connectivity index (χ3n) is 3.27. The first-order valence-corrected chi connectivity index (χ1v) is 7.05. The van der Waals surface area contributed by atoms with Crippen LogP contribution in [0.1, 0.15) is 17.2 Å². The smallest absolute Gasteiger partial charge is 0.313 e. The molecule has 0 aliphatic rings. The molecule has 5 nitrogen and oxygen atoms in total. The van der Waals surface area contributed by atoms with Crippen LogP contribution in [0.3, 0.4) is 0 Å². The lowest BCUT2D eigenvalue weighted by Gasteiger charge is -2.16. The van der Waals surface area contributed by atoms with Gasteiger partial charge >= 0.3 is 11.8 Å². The molecular formula is C17H17FN2O3. The number of halogens is 1. The Morgan fingerprint density at radius 2 is 1.83 bits per heavy atom. The Balaban J connectivity index is 2.03. The van der Waals surface area contributed by atoms with E-state index in [1.807, 2.05) is 0 Å². The van der Waals surface area contributed by atoms with Gasteiger partial charge in [-0.2, -0.15) is 0 Å². The maximum atomic E-state index is 13.7. The lowest BCUT2D eigenvalue weighted by Crippen LogP contribution is -2.39. The van der Waals surface area contributed by atoms with E-state index in [0.29, 0.717) is 11.1 Å². The Morgan fingerprint density at radius 3 is 2.43 bits per heavy atom.